The Bertz CT molecular complexity index is 492. The predicted octanol–water partition coefficient (Wildman–Crippen LogP) is 0.448. The van der Waals surface area contributed by atoms with Gasteiger partial charge in [-0.25, -0.2) is 0 Å². The van der Waals surface area contributed by atoms with Gasteiger partial charge >= 0.3 is 5.97 Å². The Kier molecular flexibility index (Phi) is 2.39. The second kappa shape index (κ2) is 3.70. The molecule has 5 heteroatoms. The molecule has 0 fully saturated rings. The summed E-state index contributed by atoms with van der Waals surface area (Å²) < 4.78 is 1.79. The molecule has 0 saturated carbocycles. The molecule has 0 aliphatic heterocycles. The van der Waals surface area contributed by atoms with Gasteiger partial charge in [0.1, 0.15) is 6.04 Å². The predicted molar refractivity (Wildman–Crippen MR) is 55.3 cm³/mol. The molecule has 0 aromatic carbocycles. The topological polar surface area (TPSA) is 81.1 Å². The zero-order valence-electron chi connectivity index (χ0n) is 8.00. The Morgan fingerprint density at radius 3 is 3.13 bits per heavy atom. The number of rotatable bonds is 3. The minimum absolute atomic E-state index is 0.254. The molecule has 0 radical (unpaired) electrons. The Morgan fingerprint density at radius 1 is 1.60 bits per heavy atom. The molecule has 5 nitrogen and oxygen atoms in total. The summed E-state index contributed by atoms with van der Waals surface area (Å²) in [6.45, 7) is 0.254. The lowest BCUT2D eigenvalue weighted by Crippen LogP contribution is -2.34. The molecular weight excluding hydrogens is 194 g/mol. The van der Waals surface area contributed by atoms with Crippen molar-refractivity contribution in [1.29, 1.82) is 0 Å². The fourth-order valence-corrected chi connectivity index (χ4v) is 1.47. The summed E-state index contributed by atoms with van der Waals surface area (Å²) in [6, 6.07) is 4.65. The number of fused-ring (bicyclic) bond motifs is 1. The molecular formula is C10H11N3O2. The normalized spacial score (nSPS) is 12.9. The second-order valence-corrected chi connectivity index (χ2v) is 3.32. The van der Waals surface area contributed by atoms with Crippen LogP contribution in [0.2, 0.25) is 0 Å². The van der Waals surface area contributed by atoms with Crippen LogP contribution in [0.3, 0.4) is 0 Å². The molecule has 0 spiro atoms. The minimum atomic E-state index is -0.999. The van der Waals surface area contributed by atoms with E-state index in [1.54, 1.807) is 17.0 Å². The van der Waals surface area contributed by atoms with Gasteiger partial charge in [0.15, 0.2) is 0 Å². The Hall–Kier alpha value is -1.88. The molecule has 2 rings (SSSR count). The van der Waals surface area contributed by atoms with Crippen molar-refractivity contribution in [1.82, 2.24) is 9.55 Å². The first kappa shape index (κ1) is 9.67. The van der Waals surface area contributed by atoms with Gasteiger partial charge in [-0.2, -0.15) is 0 Å². The SMILES string of the molecule is N[C@@H](Cn1ccc2ncccc21)C(=O)O. The van der Waals surface area contributed by atoms with Crippen molar-refractivity contribution < 1.29 is 9.90 Å². The van der Waals surface area contributed by atoms with Gasteiger partial charge in [-0.05, 0) is 18.2 Å². The molecule has 2 heterocycles. The van der Waals surface area contributed by atoms with Crippen LogP contribution in [0.1, 0.15) is 0 Å². The van der Waals surface area contributed by atoms with Crippen molar-refractivity contribution in [3.8, 4) is 0 Å². The first-order valence-electron chi connectivity index (χ1n) is 4.57. The number of nitrogens with two attached hydrogens (primary N) is 1. The Morgan fingerprint density at radius 2 is 2.40 bits per heavy atom. The summed E-state index contributed by atoms with van der Waals surface area (Å²) in [7, 11) is 0. The maximum atomic E-state index is 10.6. The van der Waals surface area contributed by atoms with Crippen molar-refractivity contribution in [2.75, 3.05) is 0 Å². The van der Waals surface area contributed by atoms with Gasteiger partial charge in [-0.3, -0.25) is 9.78 Å². The van der Waals surface area contributed by atoms with Gasteiger partial charge in [0.25, 0.3) is 0 Å². The summed E-state index contributed by atoms with van der Waals surface area (Å²) in [5, 5.41) is 8.70. The van der Waals surface area contributed by atoms with E-state index in [0.717, 1.165) is 11.0 Å². The van der Waals surface area contributed by atoms with Crippen LogP contribution in [0.4, 0.5) is 0 Å². The van der Waals surface area contributed by atoms with E-state index in [1.165, 1.54) is 0 Å². The quantitative estimate of drug-likeness (QED) is 0.762. The molecule has 2 aromatic heterocycles. The molecule has 0 bridgehead atoms. The number of aliphatic carboxylic acids is 1. The smallest absolute Gasteiger partial charge is 0.322 e. The van der Waals surface area contributed by atoms with E-state index in [4.69, 9.17) is 10.8 Å². The Labute approximate surface area is 86.1 Å². The van der Waals surface area contributed by atoms with Crippen LogP contribution in [-0.4, -0.2) is 26.7 Å². The number of nitrogens with zero attached hydrogens (tertiary/aromatic N) is 2. The van der Waals surface area contributed by atoms with E-state index in [2.05, 4.69) is 4.98 Å². The number of carbonyl (C=O) groups is 1. The fourth-order valence-electron chi connectivity index (χ4n) is 1.47. The number of carboxylic acid groups (broad SMARTS) is 1. The first-order chi connectivity index (χ1) is 7.18. The van der Waals surface area contributed by atoms with E-state index in [9.17, 15) is 4.79 Å². The van der Waals surface area contributed by atoms with Crippen LogP contribution >= 0.6 is 0 Å². The fraction of sp³-hybridized carbons (Fsp3) is 0.200. The van der Waals surface area contributed by atoms with Crippen molar-refractivity contribution >= 4 is 17.0 Å². The highest BCUT2D eigenvalue weighted by atomic mass is 16.4. The highest BCUT2D eigenvalue weighted by Gasteiger charge is 2.12. The average molecular weight is 205 g/mol. The third kappa shape index (κ3) is 1.82. The van der Waals surface area contributed by atoms with Crippen molar-refractivity contribution in [2.24, 2.45) is 5.73 Å². The number of aromatic nitrogens is 2. The van der Waals surface area contributed by atoms with Gasteiger partial charge in [-0.1, -0.05) is 0 Å². The van der Waals surface area contributed by atoms with Crippen molar-refractivity contribution in [3.63, 3.8) is 0 Å². The van der Waals surface area contributed by atoms with Crippen LogP contribution in [0.25, 0.3) is 11.0 Å². The van der Waals surface area contributed by atoms with E-state index >= 15 is 0 Å². The third-order valence-electron chi connectivity index (χ3n) is 2.25. The van der Waals surface area contributed by atoms with Crippen LogP contribution < -0.4 is 5.73 Å². The van der Waals surface area contributed by atoms with Gasteiger partial charge in [-0.15, -0.1) is 0 Å². The maximum Gasteiger partial charge on any atom is 0.322 e. The summed E-state index contributed by atoms with van der Waals surface area (Å²) in [5.41, 5.74) is 7.20. The first-order valence-corrected chi connectivity index (χ1v) is 4.57. The number of hydrogen-bond acceptors (Lipinski definition) is 3. The van der Waals surface area contributed by atoms with Gasteiger partial charge < -0.3 is 15.4 Å². The van der Waals surface area contributed by atoms with E-state index < -0.39 is 12.0 Å². The van der Waals surface area contributed by atoms with Gasteiger partial charge in [0, 0.05) is 18.9 Å². The standard InChI is InChI=1S/C10H11N3O2/c11-7(10(14)15)6-13-5-3-8-9(13)2-1-4-12-8/h1-5,7H,6,11H2,(H,14,15)/t7-/m0/s1. The highest BCUT2D eigenvalue weighted by Crippen LogP contribution is 2.12. The molecule has 0 amide bonds. The Balaban J connectivity index is 2.32. The maximum absolute atomic E-state index is 10.6. The van der Waals surface area contributed by atoms with E-state index in [-0.39, 0.29) is 6.54 Å². The molecule has 0 saturated heterocycles. The van der Waals surface area contributed by atoms with Crippen molar-refractivity contribution in [3.05, 3.63) is 30.6 Å². The van der Waals surface area contributed by atoms with Crippen LogP contribution in [0, 0.1) is 0 Å². The van der Waals surface area contributed by atoms with Crippen LogP contribution in [-0.2, 0) is 11.3 Å². The summed E-state index contributed by atoms with van der Waals surface area (Å²) in [4.78, 5) is 14.8. The van der Waals surface area contributed by atoms with E-state index in [1.807, 2.05) is 18.2 Å². The summed E-state index contributed by atoms with van der Waals surface area (Å²) >= 11 is 0. The summed E-state index contributed by atoms with van der Waals surface area (Å²) in [6.07, 6.45) is 3.49. The third-order valence-corrected chi connectivity index (χ3v) is 2.25. The highest BCUT2D eigenvalue weighted by molar-refractivity contribution is 5.76. The monoisotopic (exact) mass is 205 g/mol. The average Bonchev–Trinajstić information content (AvgIpc) is 2.62. The molecule has 0 unspecified atom stereocenters. The largest absolute Gasteiger partial charge is 0.480 e. The second-order valence-electron chi connectivity index (χ2n) is 3.32. The van der Waals surface area contributed by atoms with Crippen LogP contribution in [0.5, 0.6) is 0 Å². The lowest BCUT2D eigenvalue weighted by atomic mass is 10.3. The molecule has 2 aromatic rings. The lowest BCUT2D eigenvalue weighted by molar-refractivity contribution is -0.138. The molecule has 3 N–H and O–H groups in total. The molecule has 15 heavy (non-hydrogen) atoms. The molecule has 1 atom stereocenters. The zero-order chi connectivity index (χ0) is 10.8. The molecule has 0 aliphatic rings. The van der Waals surface area contributed by atoms with Gasteiger partial charge in [0.2, 0.25) is 0 Å². The molecule has 0 aliphatic carbocycles. The van der Waals surface area contributed by atoms with E-state index in [0.29, 0.717) is 0 Å². The number of hydrogen-bond donors (Lipinski definition) is 2. The van der Waals surface area contributed by atoms with Crippen molar-refractivity contribution in [2.45, 2.75) is 12.6 Å². The minimum Gasteiger partial charge on any atom is -0.480 e. The number of carboxylic acids is 1. The molecule has 78 valence electrons. The van der Waals surface area contributed by atoms with Crippen LogP contribution in [0.15, 0.2) is 30.6 Å². The summed E-state index contributed by atoms with van der Waals surface area (Å²) in [5.74, 6) is -0.999. The van der Waals surface area contributed by atoms with Gasteiger partial charge in [0.05, 0.1) is 11.0 Å². The zero-order valence-corrected chi connectivity index (χ0v) is 8.00. The number of pyridine rings is 1. The lowest BCUT2D eigenvalue weighted by Gasteiger charge is -2.08.